The van der Waals surface area contributed by atoms with E-state index in [2.05, 4.69) is 78.3 Å². The molecule has 3 aromatic rings. The van der Waals surface area contributed by atoms with Crippen LogP contribution in [-0.4, -0.2) is 42.6 Å². The number of hydrogen-bond acceptors (Lipinski definition) is 4. The highest BCUT2D eigenvalue weighted by Crippen LogP contribution is 2.32. The van der Waals surface area contributed by atoms with Crippen molar-refractivity contribution < 1.29 is 0 Å². The number of nitrogens with zero attached hydrogens (tertiary/aromatic N) is 3. The first-order valence-electron chi connectivity index (χ1n) is 9.26. The van der Waals surface area contributed by atoms with Crippen LogP contribution >= 0.6 is 11.3 Å². The first kappa shape index (κ1) is 17.3. The lowest BCUT2D eigenvalue weighted by molar-refractivity contribution is 0.284. The molecule has 1 aliphatic heterocycles. The molecule has 0 bridgehead atoms. The normalized spacial score (nSPS) is 16.0. The Morgan fingerprint density at radius 3 is 2.58 bits per heavy atom. The van der Waals surface area contributed by atoms with Gasteiger partial charge >= 0.3 is 0 Å². The fourth-order valence-electron chi connectivity index (χ4n) is 3.52. The van der Waals surface area contributed by atoms with E-state index in [1.54, 1.807) is 0 Å². The third-order valence-electron chi connectivity index (χ3n) is 4.93. The molecule has 0 N–H and O–H groups in total. The Balaban J connectivity index is 1.36. The average molecular weight is 364 g/mol. The Morgan fingerprint density at radius 1 is 1.04 bits per heavy atom. The molecule has 0 saturated carbocycles. The lowest BCUT2D eigenvalue weighted by atomic mass is 10.1. The van der Waals surface area contributed by atoms with Gasteiger partial charge in [0.2, 0.25) is 0 Å². The number of hydrogen-bond donors (Lipinski definition) is 0. The quantitative estimate of drug-likeness (QED) is 0.667. The Hall–Kier alpha value is -2.17. The van der Waals surface area contributed by atoms with Crippen LogP contribution < -0.4 is 4.90 Å². The number of thiazole rings is 1. The smallest absolute Gasteiger partial charge is 0.186 e. The van der Waals surface area contributed by atoms with Crippen LogP contribution in [0, 0.1) is 13.8 Å². The van der Waals surface area contributed by atoms with Crippen LogP contribution in [-0.2, 0) is 0 Å². The highest BCUT2D eigenvalue weighted by atomic mass is 32.1. The van der Waals surface area contributed by atoms with Gasteiger partial charge in [-0.25, -0.2) is 4.98 Å². The summed E-state index contributed by atoms with van der Waals surface area (Å²) < 4.78 is 1.31. The largest absolute Gasteiger partial charge is 0.345 e. The zero-order chi connectivity index (χ0) is 17.9. The molecule has 26 heavy (non-hydrogen) atoms. The summed E-state index contributed by atoms with van der Waals surface area (Å²) >= 11 is 1.83. The van der Waals surface area contributed by atoms with E-state index in [9.17, 15) is 0 Å². The summed E-state index contributed by atoms with van der Waals surface area (Å²) in [4.78, 5) is 9.87. The molecule has 0 atom stereocenters. The summed E-state index contributed by atoms with van der Waals surface area (Å²) in [5.74, 6) is 0. The summed E-state index contributed by atoms with van der Waals surface area (Å²) in [7, 11) is 0. The van der Waals surface area contributed by atoms with Gasteiger partial charge in [-0.15, -0.1) is 0 Å². The standard InChI is InChI=1S/C22H25N3S/c1-17-15-18(2)21-20(16-17)26-22(23-21)25-13-11-24(12-14-25)10-6-9-19-7-4-3-5-8-19/h3-9,15-16H,10-14H2,1-2H3/b9-6+. The fourth-order valence-corrected chi connectivity index (χ4v) is 4.71. The van der Waals surface area contributed by atoms with Crippen LogP contribution in [0.4, 0.5) is 5.13 Å². The molecule has 1 fully saturated rings. The van der Waals surface area contributed by atoms with Crippen molar-refractivity contribution in [3.63, 3.8) is 0 Å². The molecule has 134 valence electrons. The van der Waals surface area contributed by atoms with E-state index in [1.807, 2.05) is 11.3 Å². The van der Waals surface area contributed by atoms with Crippen LogP contribution in [0.15, 0.2) is 48.5 Å². The van der Waals surface area contributed by atoms with Crippen molar-refractivity contribution in [2.75, 3.05) is 37.6 Å². The Morgan fingerprint density at radius 2 is 1.81 bits per heavy atom. The van der Waals surface area contributed by atoms with Crippen molar-refractivity contribution in [2.45, 2.75) is 13.8 Å². The molecule has 0 radical (unpaired) electrons. The maximum atomic E-state index is 4.92. The molecule has 0 unspecified atom stereocenters. The third-order valence-corrected chi connectivity index (χ3v) is 6.00. The number of rotatable bonds is 4. The van der Waals surface area contributed by atoms with Gasteiger partial charge in [0, 0.05) is 32.7 Å². The minimum Gasteiger partial charge on any atom is -0.345 e. The number of benzene rings is 2. The summed E-state index contributed by atoms with van der Waals surface area (Å²) in [6, 6.07) is 15.0. The monoisotopic (exact) mass is 363 g/mol. The van der Waals surface area contributed by atoms with Crippen molar-refractivity contribution in [1.29, 1.82) is 0 Å². The van der Waals surface area contributed by atoms with Crippen molar-refractivity contribution in [3.8, 4) is 0 Å². The minimum atomic E-state index is 1.01. The third kappa shape index (κ3) is 3.81. The first-order valence-corrected chi connectivity index (χ1v) is 10.1. The van der Waals surface area contributed by atoms with Gasteiger partial charge in [0.05, 0.1) is 10.2 Å². The van der Waals surface area contributed by atoms with Gasteiger partial charge in [0.25, 0.3) is 0 Å². The van der Waals surface area contributed by atoms with E-state index in [0.29, 0.717) is 0 Å². The molecule has 1 saturated heterocycles. The van der Waals surface area contributed by atoms with Crippen molar-refractivity contribution in [1.82, 2.24) is 9.88 Å². The zero-order valence-corrected chi connectivity index (χ0v) is 16.3. The first-order chi connectivity index (χ1) is 12.7. The lowest BCUT2D eigenvalue weighted by Gasteiger charge is -2.33. The number of anilines is 1. The van der Waals surface area contributed by atoms with E-state index in [0.717, 1.165) is 32.7 Å². The van der Waals surface area contributed by atoms with Crippen molar-refractivity contribution in [3.05, 3.63) is 65.2 Å². The fraction of sp³-hybridized carbons (Fsp3) is 0.318. The highest BCUT2D eigenvalue weighted by molar-refractivity contribution is 7.22. The number of aryl methyl sites for hydroxylation is 2. The molecule has 0 amide bonds. The van der Waals surface area contributed by atoms with Crippen LogP contribution in [0.25, 0.3) is 16.3 Å². The summed E-state index contributed by atoms with van der Waals surface area (Å²) in [5.41, 5.74) is 5.04. The second-order valence-electron chi connectivity index (χ2n) is 7.03. The molecule has 2 heterocycles. The molecular weight excluding hydrogens is 338 g/mol. The van der Waals surface area contributed by atoms with E-state index in [-0.39, 0.29) is 0 Å². The van der Waals surface area contributed by atoms with E-state index in [4.69, 9.17) is 4.98 Å². The van der Waals surface area contributed by atoms with Gasteiger partial charge in [-0.2, -0.15) is 0 Å². The second kappa shape index (κ2) is 7.60. The summed E-state index contributed by atoms with van der Waals surface area (Å²) in [5, 5.41) is 1.17. The molecule has 4 rings (SSSR count). The molecular formula is C22H25N3S. The second-order valence-corrected chi connectivity index (χ2v) is 8.03. The number of piperazine rings is 1. The molecule has 1 aliphatic rings. The van der Waals surface area contributed by atoms with E-state index >= 15 is 0 Å². The molecule has 4 heteroatoms. The highest BCUT2D eigenvalue weighted by Gasteiger charge is 2.19. The van der Waals surface area contributed by atoms with E-state index in [1.165, 1.54) is 32.0 Å². The zero-order valence-electron chi connectivity index (χ0n) is 15.5. The number of aromatic nitrogens is 1. The van der Waals surface area contributed by atoms with Gasteiger partial charge in [-0.05, 0) is 36.6 Å². The Bertz CT molecular complexity index is 906. The molecule has 1 aromatic heterocycles. The predicted octanol–water partition coefficient (Wildman–Crippen LogP) is 4.75. The Labute approximate surface area is 159 Å². The summed E-state index contributed by atoms with van der Waals surface area (Å²) in [6.45, 7) is 9.62. The van der Waals surface area contributed by atoms with Crippen LogP contribution in [0.3, 0.4) is 0 Å². The summed E-state index contributed by atoms with van der Waals surface area (Å²) in [6.07, 6.45) is 4.49. The van der Waals surface area contributed by atoms with Crippen LogP contribution in [0.1, 0.15) is 16.7 Å². The predicted molar refractivity (Wildman–Crippen MR) is 113 cm³/mol. The number of fused-ring (bicyclic) bond motifs is 1. The van der Waals surface area contributed by atoms with Gasteiger partial charge < -0.3 is 4.90 Å². The van der Waals surface area contributed by atoms with Gasteiger partial charge in [0.15, 0.2) is 5.13 Å². The van der Waals surface area contributed by atoms with Crippen molar-refractivity contribution >= 4 is 32.8 Å². The maximum absolute atomic E-state index is 4.92. The lowest BCUT2D eigenvalue weighted by Crippen LogP contribution is -2.46. The minimum absolute atomic E-state index is 1.01. The van der Waals surface area contributed by atoms with Gasteiger partial charge in [-0.3, -0.25) is 4.90 Å². The molecule has 0 aliphatic carbocycles. The molecule has 3 nitrogen and oxygen atoms in total. The van der Waals surface area contributed by atoms with Crippen LogP contribution in [0.5, 0.6) is 0 Å². The maximum Gasteiger partial charge on any atom is 0.186 e. The average Bonchev–Trinajstić information content (AvgIpc) is 3.07. The molecule has 2 aromatic carbocycles. The Kier molecular flexibility index (Phi) is 5.05. The topological polar surface area (TPSA) is 19.4 Å². The SMILES string of the molecule is Cc1cc(C)c2nc(N3CCN(C/C=C/c4ccccc4)CC3)sc2c1. The van der Waals surface area contributed by atoms with Gasteiger partial charge in [0.1, 0.15) is 0 Å². The molecule has 0 spiro atoms. The van der Waals surface area contributed by atoms with Gasteiger partial charge in [-0.1, -0.05) is 59.9 Å². The van der Waals surface area contributed by atoms with E-state index < -0.39 is 0 Å². The van der Waals surface area contributed by atoms with Crippen molar-refractivity contribution in [2.24, 2.45) is 0 Å². The van der Waals surface area contributed by atoms with Crippen LogP contribution in [0.2, 0.25) is 0 Å².